The molecule has 22 heavy (non-hydrogen) atoms. The van der Waals surface area contributed by atoms with Crippen LogP contribution in [0.4, 0.5) is 9.57 Å². The summed E-state index contributed by atoms with van der Waals surface area (Å²) in [5.74, 6) is 0.409. The fourth-order valence-corrected chi connectivity index (χ4v) is 2.34. The van der Waals surface area contributed by atoms with E-state index < -0.39 is 0 Å². The summed E-state index contributed by atoms with van der Waals surface area (Å²) < 4.78 is 12.0. The molecule has 0 radical (unpaired) electrons. The van der Waals surface area contributed by atoms with Crippen molar-refractivity contribution in [2.45, 2.75) is 6.92 Å². The summed E-state index contributed by atoms with van der Waals surface area (Å²) in [5.41, 5.74) is 2.60. The average Bonchev–Trinajstić information content (AvgIpc) is 2.55. The third kappa shape index (κ3) is 3.58. The van der Waals surface area contributed by atoms with Crippen LogP contribution >= 0.6 is 12.1 Å². The zero-order valence-electron chi connectivity index (χ0n) is 12.1. The van der Waals surface area contributed by atoms with Gasteiger partial charge in [0.15, 0.2) is 0 Å². The zero-order valence-corrected chi connectivity index (χ0v) is 12.9. The summed E-state index contributed by atoms with van der Waals surface area (Å²) >= 11 is 0.316. The predicted octanol–water partition coefficient (Wildman–Crippen LogP) is 4.69. The number of hydrogen-bond donors (Lipinski definition) is 1. The number of nitriles is 2. The summed E-state index contributed by atoms with van der Waals surface area (Å²) in [6.45, 7) is 2.34. The van der Waals surface area contributed by atoms with Crippen molar-refractivity contribution >= 4 is 34.2 Å². The highest BCUT2D eigenvalue weighted by atomic mass is 32.2. The van der Waals surface area contributed by atoms with E-state index in [1.54, 1.807) is 6.92 Å². The van der Waals surface area contributed by atoms with Crippen LogP contribution in [0, 0.1) is 22.7 Å². The van der Waals surface area contributed by atoms with Gasteiger partial charge in [-0.1, -0.05) is 18.2 Å². The van der Waals surface area contributed by atoms with Gasteiger partial charge in [0.05, 0.1) is 0 Å². The molecule has 0 unspecified atom stereocenters. The van der Waals surface area contributed by atoms with Crippen LogP contribution in [0.15, 0.2) is 42.0 Å². The number of hydrogen-bond acceptors (Lipinski definition) is 4. The number of halogens is 1. The summed E-state index contributed by atoms with van der Waals surface area (Å²) in [7, 11) is 0. The Hall–Kier alpha value is -2.50. The number of benzene rings is 2. The molecule has 0 amide bonds. The second-order valence-electron chi connectivity index (χ2n) is 4.74. The smallest absolute Gasteiger partial charge is 0.133 e. The monoisotopic (exact) mass is 311 g/mol. The predicted molar refractivity (Wildman–Crippen MR) is 89.8 cm³/mol. The number of allylic oxidation sites excluding steroid dienone is 2. The van der Waals surface area contributed by atoms with Crippen molar-refractivity contribution < 1.29 is 3.89 Å². The molecule has 0 aliphatic carbocycles. The van der Waals surface area contributed by atoms with E-state index >= 15 is 0 Å². The van der Waals surface area contributed by atoms with E-state index in [0.717, 1.165) is 22.0 Å². The lowest BCUT2D eigenvalue weighted by molar-refractivity contribution is 0.932. The largest absolute Gasteiger partial charge is 0.384 e. The van der Waals surface area contributed by atoms with Crippen molar-refractivity contribution in [1.82, 2.24) is 0 Å². The van der Waals surface area contributed by atoms with Gasteiger partial charge in [-0.2, -0.15) is 14.4 Å². The Kier molecular flexibility index (Phi) is 5.41. The minimum absolute atomic E-state index is 0.126. The van der Waals surface area contributed by atoms with Gasteiger partial charge in [0, 0.05) is 30.1 Å². The van der Waals surface area contributed by atoms with E-state index in [4.69, 9.17) is 10.5 Å². The first-order valence-electron chi connectivity index (χ1n) is 6.72. The van der Waals surface area contributed by atoms with Crippen LogP contribution in [0.25, 0.3) is 16.3 Å². The molecule has 5 heteroatoms. The highest BCUT2D eigenvalue weighted by molar-refractivity contribution is 7.94. The van der Waals surface area contributed by atoms with Gasteiger partial charge in [0.25, 0.3) is 0 Å². The van der Waals surface area contributed by atoms with Crippen LogP contribution in [0.3, 0.4) is 0 Å². The standard InChI is InChI=1S/C17H14FN3S/c1-12(16(10-19)11-20)13-2-3-15-9-17(21-6-7-22-18)5-4-14(15)8-13/h2-5,8-9,21H,6-7H2,1H3. The van der Waals surface area contributed by atoms with Crippen molar-refractivity contribution in [1.29, 1.82) is 10.5 Å². The van der Waals surface area contributed by atoms with E-state index in [0.29, 0.717) is 30.0 Å². The lowest BCUT2D eigenvalue weighted by atomic mass is 9.99. The van der Waals surface area contributed by atoms with Crippen molar-refractivity contribution in [3.63, 3.8) is 0 Å². The Balaban J connectivity index is 2.34. The van der Waals surface area contributed by atoms with Crippen LogP contribution in [0.5, 0.6) is 0 Å². The molecule has 0 bridgehead atoms. The second-order valence-corrected chi connectivity index (χ2v) is 5.37. The number of anilines is 1. The Labute approximate surface area is 133 Å². The molecule has 2 aromatic carbocycles. The molecule has 1 N–H and O–H groups in total. The maximum atomic E-state index is 12.0. The normalized spacial score (nSPS) is 9.82. The van der Waals surface area contributed by atoms with Crippen molar-refractivity contribution in [2.75, 3.05) is 17.6 Å². The van der Waals surface area contributed by atoms with Gasteiger partial charge < -0.3 is 5.32 Å². The summed E-state index contributed by atoms with van der Waals surface area (Å²) in [4.78, 5) is 0. The van der Waals surface area contributed by atoms with E-state index in [1.807, 2.05) is 48.5 Å². The highest BCUT2D eigenvalue weighted by Gasteiger charge is 2.05. The molecule has 0 aromatic heterocycles. The van der Waals surface area contributed by atoms with Crippen LogP contribution in [-0.2, 0) is 0 Å². The van der Waals surface area contributed by atoms with Gasteiger partial charge in [-0.15, -0.1) is 0 Å². The maximum Gasteiger partial charge on any atom is 0.133 e. The van der Waals surface area contributed by atoms with E-state index in [1.165, 1.54) is 0 Å². The molecule has 0 saturated carbocycles. The molecule has 0 saturated heterocycles. The lowest BCUT2D eigenvalue weighted by Gasteiger charge is -2.08. The summed E-state index contributed by atoms with van der Waals surface area (Å²) in [6.07, 6.45) is 0. The number of fused-ring (bicyclic) bond motifs is 1. The van der Waals surface area contributed by atoms with Crippen LogP contribution in [0.2, 0.25) is 0 Å². The molecule has 0 spiro atoms. The van der Waals surface area contributed by atoms with Gasteiger partial charge in [-0.05, 0) is 47.0 Å². The van der Waals surface area contributed by atoms with Gasteiger partial charge in [-0.25, -0.2) is 0 Å². The molecule has 0 aliphatic heterocycles. The first-order valence-corrected chi connectivity index (χ1v) is 7.61. The van der Waals surface area contributed by atoms with Crippen LogP contribution in [-0.4, -0.2) is 12.3 Å². The van der Waals surface area contributed by atoms with Gasteiger partial charge in [0.2, 0.25) is 0 Å². The first-order chi connectivity index (χ1) is 10.7. The molecular formula is C17H14FN3S. The Bertz CT molecular complexity index is 784. The minimum atomic E-state index is 0.126. The molecule has 0 atom stereocenters. The van der Waals surface area contributed by atoms with Crippen molar-refractivity contribution in [3.8, 4) is 12.1 Å². The molecule has 0 aliphatic rings. The maximum absolute atomic E-state index is 12.0. The second kappa shape index (κ2) is 7.49. The van der Waals surface area contributed by atoms with E-state index in [2.05, 4.69) is 5.32 Å². The Morgan fingerprint density at radius 3 is 2.50 bits per heavy atom. The number of rotatable bonds is 5. The fraction of sp³-hybridized carbons (Fsp3) is 0.176. The Morgan fingerprint density at radius 2 is 1.82 bits per heavy atom. The van der Waals surface area contributed by atoms with E-state index in [-0.39, 0.29) is 5.57 Å². The lowest BCUT2D eigenvalue weighted by Crippen LogP contribution is -2.02. The molecule has 0 fully saturated rings. The van der Waals surface area contributed by atoms with Gasteiger partial charge in [0.1, 0.15) is 17.7 Å². The molecular weight excluding hydrogens is 297 g/mol. The van der Waals surface area contributed by atoms with Gasteiger partial charge >= 0.3 is 0 Å². The van der Waals surface area contributed by atoms with Gasteiger partial charge in [-0.3, -0.25) is 0 Å². The fourth-order valence-electron chi connectivity index (χ4n) is 2.16. The number of nitrogens with zero attached hydrogens (tertiary/aromatic N) is 2. The third-order valence-electron chi connectivity index (χ3n) is 3.38. The molecule has 0 heterocycles. The molecule has 3 nitrogen and oxygen atoms in total. The first kappa shape index (κ1) is 15.9. The Morgan fingerprint density at radius 1 is 1.14 bits per heavy atom. The summed E-state index contributed by atoms with van der Waals surface area (Å²) in [6, 6.07) is 15.5. The summed E-state index contributed by atoms with van der Waals surface area (Å²) in [5, 5.41) is 23.1. The quantitative estimate of drug-likeness (QED) is 0.643. The SMILES string of the molecule is CC(=C(C#N)C#N)c1ccc2cc(NCCSF)ccc2c1. The highest BCUT2D eigenvalue weighted by Crippen LogP contribution is 2.25. The third-order valence-corrected chi connectivity index (χ3v) is 3.74. The van der Waals surface area contributed by atoms with Crippen LogP contribution < -0.4 is 5.32 Å². The topological polar surface area (TPSA) is 59.6 Å². The van der Waals surface area contributed by atoms with Crippen molar-refractivity contribution in [3.05, 3.63) is 47.5 Å². The van der Waals surface area contributed by atoms with Crippen molar-refractivity contribution in [2.24, 2.45) is 0 Å². The minimum Gasteiger partial charge on any atom is -0.384 e. The number of nitrogens with one attached hydrogen (secondary N) is 1. The molecule has 2 rings (SSSR count). The molecule has 110 valence electrons. The average molecular weight is 311 g/mol. The van der Waals surface area contributed by atoms with Crippen LogP contribution in [0.1, 0.15) is 12.5 Å². The molecule has 2 aromatic rings. The zero-order chi connectivity index (χ0) is 15.9. The van der Waals surface area contributed by atoms with E-state index in [9.17, 15) is 3.89 Å².